The highest BCUT2D eigenvalue weighted by Gasteiger charge is 2.18. The molecule has 4 rings (SSSR count). The molecular formula is C28H29BrN4O3. The van der Waals surface area contributed by atoms with Crippen LogP contribution < -0.4 is 15.0 Å². The van der Waals surface area contributed by atoms with E-state index >= 15 is 0 Å². The van der Waals surface area contributed by atoms with Gasteiger partial charge in [0, 0.05) is 17.7 Å². The minimum atomic E-state index is -0.245. The molecule has 0 amide bonds. The fourth-order valence-electron chi connectivity index (χ4n) is 3.90. The fraction of sp³-hybridized carbons (Fsp3) is 0.286. The Bertz CT molecular complexity index is 1480. The van der Waals surface area contributed by atoms with Crippen molar-refractivity contribution in [3.63, 3.8) is 0 Å². The summed E-state index contributed by atoms with van der Waals surface area (Å²) in [5.74, 6) is 2.51. The third-order valence-electron chi connectivity index (χ3n) is 5.91. The maximum atomic E-state index is 13.5. The summed E-state index contributed by atoms with van der Waals surface area (Å²) in [7, 11) is 1.62. The monoisotopic (exact) mass is 548 g/mol. The third-order valence-corrected chi connectivity index (χ3v) is 6.58. The molecule has 0 bridgehead atoms. The normalized spacial score (nSPS) is 11.1. The lowest BCUT2D eigenvalue weighted by molar-refractivity contribution is 0.288. The van der Waals surface area contributed by atoms with Crippen molar-refractivity contribution in [1.29, 1.82) is 0 Å². The van der Waals surface area contributed by atoms with Crippen LogP contribution in [0.4, 0.5) is 0 Å². The highest BCUT2D eigenvalue weighted by Crippen LogP contribution is 2.28. The molecule has 0 aliphatic heterocycles. The number of halogens is 1. The number of methoxy groups -OCH3 is 1. The van der Waals surface area contributed by atoms with E-state index in [0.717, 1.165) is 45.2 Å². The van der Waals surface area contributed by atoms with Crippen LogP contribution in [0.1, 0.15) is 48.1 Å². The Hall–Kier alpha value is -3.52. The van der Waals surface area contributed by atoms with E-state index in [1.165, 1.54) is 0 Å². The minimum Gasteiger partial charge on any atom is -0.497 e. The lowest BCUT2D eigenvalue weighted by Gasteiger charge is -2.17. The van der Waals surface area contributed by atoms with E-state index in [9.17, 15) is 4.79 Å². The van der Waals surface area contributed by atoms with E-state index in [1.807, 2.05) is 62.5 Å². The van der Waals surface area contributed by atoms with Crippen molar-refractivity contribution in [2.24, 2.45) is 0 Å². The summed E-state index contributed by atoms with van der Waals surface area (Å²) in [4.78, 5) is 27.3. The zero-order chi connectivity index (χ0) is 26.0. The number of aryl methyl sites for hydroxylation is 3. The third kappa shape index (κ3) is 5.18. The number of aromatic nitrogens is 4. The summed E-state index contributed by atoms with van der Waals surface area (Å²) in [6.07, 6.45) is 1.85. The zero-order valence-corrected chi connectivity index (χ0v) is 22.9. The molecule has 7 nitrogen and oxygen atoms in total. The average molecular weight is 549 g/mol. The molecule has 0 saturated carbocycles. The van der Waals surface area contributed by atoms with E-state index in [2.05, 4.69) is 39.7 Å². The number of benzene rings is 2. The summed E-state index contributed by atoms with van der Waals surface area (Å²) in [5.41, 5.74) is 5.09. The first-order valence-electron chi connectivity index (χ1n) is 11.7. The summed E-state index contributed by atoms with van der Waals surface area (Å²) in [6.45, 7) is 10.1. The highest BCUT2D eigenvalue weighted by atomic mass is 79.9. The molecule has 0 saturated heterocycles. The van der Waals surface area contributed by atoms with Crippen LogP contribution in [0, 0.1) is 20.8 Å². The molecule has 0 N–H and O–H groups in total. The fourth-order valence-corrected chi connectivity index (χ4v) is 4.28. The topological polar surface area (TPSA) is 79.1 Å². The SMILES string of the molecule is COc1cccc(COc2nc(C)n(-c3cc(-c4nc(C(C)C)ncc4C)ccc3C)c(=O)c2Br)c1. The van der Waals surface area contributed by atoms with Gasteiger partial charge in [-0.1, -0.05) is 38.1 Å². The van der Waals surface area contributed by atoms with Crippen molar-refractivity contribution in [1.82, 2.24) is 19.5 Å². The Morgan fingerprint density at radius 2 is 1.81 bits per heavy atom. The molecule has 0 aliphatic carbocycles. The molecule has 2 aromatic carbocycles. The molecule has 4 aromatic rings. The van der Waals surface area contributed by atoms with Crippen molar-refractivity contribution in [2.45, 2.75) is 47.1 Å². The molecule has 0 radical (unpaired) electrons. The summed E-state index contributed by atoms with van der Waals surface area (Å²) < 4.78 is 13.0. The van der Waals surface area contributed by atoms with Crippen molar-refractivity contribution in [3.05, 3.63) is 91.8 Å². The zero-order valence-electron chi connectivity index (χ0n) is 21.3. The standard InChI is InChI=1S/C28H29BrN4O3/c1-16(2)26-30-14-18(4)25(32-26)21-11-10-17(3)23(13-21)33-19(5)31-27(24(29)28(33)34)36-15-20-8-7-9-22(12-20)35-6/h7-14,16H,15H2,1-6H3. The van der Waals surface area contributed by atoms with Gasteiger partial charge in [0.15, 0.2) is 0 Å². The number of hydrogen-bond acceptors (Lipinski definition) is 6. The quantitative estimate of drug-likeness (QED) is 0.278. The smallest absolute Gasteiger partial charge is 0.276 e. The van der Waals surface area contributed by atoms with Crippen LogP contribution in [0.2, 0.25) is 0 Å². The second-order valence-corrected chi connectivity index (χ2v) is 9.77. The Morgan fingerprint density at radius 3 is 2.53 bits per heavy atom. The number of rotatable bonds is 7. The highest BCUT2D eigenvalue weighted by molar-refractivity contribution is 9.10. The van der Waals surface area contributed by atoms with Crippen LogP contribution in [-0.4, -0.2) is 26.6 Å². The van der Waals surface area contributed by atoms with Crippen LogP contribution in [-0.2, 0) is 6.61 Å². The van der Waals surface area contributed by atoms with Gasteiger partial charge >= 0.3 is 0 Å². The van der Waals surface area contributed by atoms with Gasteiger partial charge in [0.2, 0.25) is 5.88 Å². The molecule has 36 heavy (non-hydrogen) atoms. The first kappa shape index (κ1) is 25.6. The predicted octanol–water partition coefficient (Wildman–Crippen LogP) is 6.09. The largest absolute Gasteiger partial charge is 0.497 e. The molecule has 0 aliphatic rings. The average Bonchev–Trinajstić information content (AvgIpc) is 2.87. The van der Waals surface area contributed by atoms with E-state index in [0.29, 0.717) is 5.82 Å². The molecule has 0 atom stereocenters. The van der Waals surface area contributed by atoms with Crippen LogP contribution >= 0.6 is 15.9 Å². The van der Waals surface area contributed by atoms with Crippen LogP contribution in [0.3, 0.4) is 0 Å². The Balaban J connectivity index is 1.73. The first-order valence-corrected chi connectivity index (χ1v) is 12.5. The van der Waals surface area contributed by atoms with Gasteiger partial charge in [-0.2, -0.15) is 4.98 Å². The van der Waals surface area contributed by atoms with E-state index in [-0.39, 0.29) is 28.4 Å². The molecule has 0 fully saturated rings. The Morgan fingerprint density at radius 1 is 1.03 bits per heavy atom. The van der Waals surface area contributed by atoms with E-state index < -0.39 is 0 Å². The lowest BCUT2D eigenvalue weighted by atomic mass is 10.0. The van der Waals surface area contributed by atoms with Gasteiger partial charge in [-0.25, -0.2) is 9.97 Å². The van der Waals surface area contributed by atoms with Crippen molar-refractivity contribution in [2.75, 3.05) is 7.11 Å². The number of hydrogen-bond donors (Lipinski definition) is 0. The molecule has 8 heteroatoms. The van der Waals surface area contributed by atoms with Gasteiger partial charge in [0.05, 0.1) is 18.5 Å². The van der Waals surface area contributed by atoms with Gasteiger partial charge in [-0.05, 0) is 71.6 Å². The molecular weight excluding hydrogens is 520 g/mol. The van der Waals surface area contributed by atoms with Crippen molar-refractivity contribution < 1.29 is 9.47 Å². The maximum Gasteiger partial charge on any atom is 0.276 e. The van der Waals surface area contributed by atoms with Crippen LogP contribution in [0.15, 0.2) is 57.9 Å². The Kier molecular flexibility index (Phi) is 7.54. The van der Waals surface area contributed by atoms with E-state index in [4.69, 9.17) is 14.5 Å². The molecule has 2 aromatic heterocycles. The predicted molar refractivity (Wildman–Crippen MR) is 144 cm³/mol. The lowest BCUT2D eigenvalue weighted by Crippen LogP contribution is -2.24. The summed E-state index contributed by atoms with van der Waals surface area (Å²) in [6, 6.07) is 13.6. The second kappa shape index (κ2) is 10.6. The second-order valence-electron chi connectivity index (χ2n) is 8.97. The van der Waals surface area contributed by atoms with Gasteiger partial charge in [-0.15, -0.1) is 0 Å². The van der Waals surface area contributed by atoms with E-state index in [1.54, 1.807) is 18.6 Å². The Labute approximate surface area is 219 Å². The van der Waals surface area contributed by atoms with Gasteiger partial charge < -0.3 is 9.47 Å². The first-order chi connectivity index (χ1) is 17.2. The van der Waals surface area contributed by atoms with Crippen LogP contribution in [0.25, 0.3) is 16.9 Å². The van der Waals surface area contributed by atoms with Gasteiger partial charge in [-0.3, -0.25) is 9.36 Å². The van der Waals surface area contributed by atoms with Crippen molar-refractivity contribution >= 4 is 15.9 Å². The minimum absolute atomic E-state index is 0.212. The molecule has 2 heterocycles. The number of nitrogens with zero attached hydrogens (tertiary/aromatic N) is 4. The van der Waals surface area contributed by atoms with Gasteiger partial charge in [0.25, 0.3) is 5.56 Å². The van der Waals surface area contributed by atoms with Crippen molar-refractivity contribution in [3.8, 4) is 28.6 Å². The molecule has 186 valence electrons. The van der Waals surface area contributed by atoms with Gasteiger partial charge in [0.1, 0.15) is 28.5 Å². The molecule has 0 unspecified atom stereocenters. The number of ether oxygens (including phenoxy) is 2. The summed E-state index contributed by atoms with van der Waals surface area (Å²) in [5, 5.41) is 0. The van der Waals surface area contributed by atoms with Crippen LogP contribution in [0.5, 0.6) is 11.6 Å². The summed E-state index contributed by atoms with van der Waals surface area (Å²) >= 11 is 3.42. The molecule has 0 spiro atoms. The maximum absolute atomic E-state index is 13.5.